The van der Waals surface area contributed by atoms with Crippen LogP contribution in [0.3, 0.4) is 0 Å². The largest absolute Gasteiger partial charge is 0.482 e. The standard InChI is InChI=1S/C20H15BrO3/c21-17-8-12-19(13-9-17)24-20(22)14-23-18-10-6-16(7-11-18)15-4-2-1-3-5-15/h1-13H,14H2. The highest BCUT2D eigenvalue weighted by atomic mass is 79.9. The zero-order valence-corrected chi connectivity index (χ0v) is 14.4. The predicted octanol–water partition coefficient (Wildman–Crippen LogP) is 5.10. The van der Waals surface area contributed by atoms with Gasteiger partial charge in [-0.2, -0.15) is 0 Å². The minimum atomic E-state index is -0.440. The molecule has 0 amide bonds. The molecular formula is C20H15BrO3. The molecule has 0 aliphatic rings. The van der Waals surface area contributed by atoms with E-state index in [1.807, 2.05) is 66.7 Å². The number of rotatable bonds is 5. The summed E-state index contributed by atoms with van der Waals surface area (Å²) in [4.78, 5) is 11.8. The number of benzene rings is 3. The first-order valence-electron chi connectivity index (χ1n) is 7.45. The Kier molecular flexibility index (Phi) is 5.29. The van der Waals surface area contributed by atoms with Gasteiger partial charge in [-0.05, 0) is 47.5 Å². The van der Waals surface area contributed by atoms with Crippen LogP contribution in [0.15, 0.2) is 83.3 Å². The molecule has 0 spiro atoms. The van der Waals surface area contributed by atoms with Crippen LogP contribution >= 0.6 is 15.9 Å². The minimum absolute atomic E-state index is 0.138. The molecule has 0 radical (unpaired) electrons. The molecule has 0 bridgehead atoms. The van der Waals surface area contributed by atoms with E-state index in [1.54, 1.807) is 12.1 Å². The number of esters is 1. The van der Waals surface area contributed by atoms with Crippen molar-refractivity contribution in [1.29, 1.82) is 0 Å². The number of ether oxygens (including phenoxy) is 2. The molecule has 3 aromatic rings. The van der Waals surface area contributed by atoms with Crippen LogP contribution in [0.2, 0.25) is 0 Å². The number of carbonyl (C=O) groups is 1. The molecular weight excluding hydrogens is 368 g/mol. The van der Waals surface area contributed by atoms with Crippen LogP contribution in [-0.2, 0) is 4.79 Å². The van der Waals surface area contributed by atoms with Crippen molar-refractivity contribution < 1.29 is 14.3 Å². The van der Waals surface area contributed by atoms with E-state index in [1.165, 1.54) is 0 Å². The van der Waals surface area contributed by atoms with E-state index < -0.39 is 5.97 Å². The van der Waals surface area contributed by atoms with Gasteiger partial charge in [0.05, 0.1) is 0 Å². The molecule has 0 unspecified atom stereocenters. The lowest BCUT2D eigenvalue weighted by Gasteiger charge is -2.08. The second-order valence-electron chi connectivity index (χ2n) is 5.11. The van der Waals surface area contributed by atoms with Gasteiger partial charge < -0.3 is 9.47 Å². The Hall–Kier alpha value is -2.59. The highest BCUT2D eigenvalue weighted by Gasteiger charge is 2.06. The number of halogens is 1. The zero-order chi connectivity index (χ0) is 16.8. The summed E-state index contributed by atoms with van der Waals surface area (Å²) in [6.45, 7) is -0.138. The second kappa shape index (κ2) is 7.79. The van der Waals surface area contributed by atoms with Gasteiger partial charge in [0.2, 0.25) is 0 Å². The molecule has 0 atom stereocenters. The lowest BCUT2D eigenvalue weighted by Crippen LogP contribution is -2.17. The molecule has 0 saturated carbocycles. The van der Waals surface area contributed by atoms with Crippen LogP contribution in [0.4, 0.5) is 0 Å². The highest BCUT2D eigenvalue weighted by Crippen LogP contribution is 2.22. The first-order valence-corrected chi connectivity index (χ1v) is 8.24. The van der Waals surface area contributed by atoms with E-state index in [-0.39, 0.29) is 6.61 Å². The number of hydrogen-bond donors (Lipinski definition) is 0. The van der Waals surface area contributed by atoms with Gasteiger partial charge in [-0.1, -0.05) is 58.4 Å². The molecule has 120 valence electrons. The van der Waals surface area contributed by atoms with E-state index in [4.69, 9.17) is 9.47 Å². The maximum atomic E-state index is 11.8. The van der Waals surface area contributed by atoms with Crippen LogP contribution < -0.4 is 9.47 Å². The Morgan fingerprint density at radius 3 is 2.00 bits per heavy atom. The number of hydrogen-bond acceptors (Lipinski definition) is 3. The molecule has 3 rings (SSSR count). The predicted molar refractivity (Wildman–Crippen MR) is 97.2 cm³/mol. The Morgan fingerprint density at radius 2 is 1.33 bits per heavy atom. The van der Waals surface area contributed by atoms with Crippen molar-refractivity contribution in [2.75, 3.05) is 6.61 Å². The molecule has 0 heterocycles. The summed E-state index contributed by atoms with van der Waals surface area (Å²) in [5.74, 6) is 0.679. The van der Waals surface area contributed by atoms with Crippen LogP contribution in [0.1, 0.15) is 0 Å². The Balaban J connectivity index is 1.54. The Labute approximate surface area is 149 Å². The molecule has 24 heavy (non-hydrogen) atoms. The second-order valence-corrected chi connectivity index (χ2v) is 6.02. The van der Waals surface area contributed by atoms with Gasteiger partial charge in [-0.3, -0.25) is 0 Å². The summed E-state index contributed by atoms with van der Waals surface area (Å²) < 4.78 is 11.6. The Bertz CT molecular complexity index is 797. The maximum Gasteiger partial charge on any atom is 0.349 e. The molecule has 0 aromatic heterocycles. The lowest BCUT2D eigenvalue weighted by atomic mass is 10.1. The third-order valence-electron chi connectivity index (χ3n) is 3.36. The van der Waals surface area contributed by atoms with Crippen molar-refractivity contribution in [3.05, 3.63) is 83.3 Å². The van der Waals surface area contributed by atoms with Crippen LogP contribution in [0, 0.1) is 0 Å². The average molecular weight is 383 g/mol. The van der Waals surface area contributed by atoms with E-state index in [0.29, 0.717) is 11.5 Å². The van der Waals surface area contributed by atoms with E-state index >= 15 is 0 Å². The summed E-state index contributed by atoms with van der Waals surface area (Å²) in [7, 11) is 0. The van der Waals surface area contributed by atoms with Crippen molar-refractivity contribution in [1.82, 2.24) is 0 Å². The van der Waals surface area contributed by atoms with Gasteiger partial charge in [-0.25, -0.2) is 4.79 Å². The normalized spacial score (nSPS) is 10.2. The molecule has 0 aliphatic heterocycles. The maximum absolute atomic E-state index is 11.8. The van der Waals surface area contributed by atoms with Crippen LogP contribution in [-0.4, -0.2) is 12.6 Å². The zero-order valence-electron chi connectivity index (χ0n) is 12.8. The van der Waals surface area contributed by atoms with E-state index in [9.17, 15) is 4.79 Å². The Morgan fingerprint density at radius 1 is 0.750 bits per heavy atom. The van der Waals surface area contributed by atoms with Crippen LogP contribution in [0.25, 0.3) is 11.1 Å². The van der Waals surface area contributed by atoms with Gasteiger partial charge in [0.15, 0.2) is 6.61 Å². The first kappa shape index (κ1) is 16.3. The SMILES string of the molecule is O=C(COc1ccc(-c2ccccc2)cc1)Oc1ccc(Br)cc1. The third-order valence-corrected chi connectivity index (χ3v) is 3.89. The lowest BCUT2D eigenvalue weighted by molar-refractivity contribution is -0.136. The molecule has 0 aliphatic carbocycles. The van der Waals surface area contributed by atoms with E-state index in [0.717, 1.165) is 15.6 Å². The molecule has 0 N–H and O–H groups in total. The molecule has 4 heteroatoms. The van der Waals surface area contributed by atoms with Gasteiger partial charge in [-0.15, -0.1) is 0 Å². The van der Waals surface area contributed by atoms with Crippen molar-refractivity contribution >= 4 is 21.9 Å². The highest BCUT2D eigenvalue weighted by molar-refractivity contribution is 9.10. The van der Waals surface area contributed by atoms with Crippen molar-refractivity contribution in [2.45, 2.75) is 0 Å². The van der Waals surface area contributed by atoms with Crippen LogP contribution in [0.5, 0.6) is 11.5 Å². The summed E-state index contributed by atoms with van der Waals surface area (Å²) >= 11 is 3.33. The van der Waals surface area contributed by atoms with Crippen molar-refractivity contribution in [2.24, 2.45) is 0 Å². The monoisotopic (exact) mass is 382 g/mol. The smallest absolute Gasteiger partial charge is 0.349 e. The summed E-state index contributed by atoms with van der Waals surface area (Å²) in [6.07, 6.45) is 0. The van der Waals surface area contributed by atoms with Gasteiger partial charge in [0.25, 0.3) is 0 Å². The van der Waals surface area contributed by atoms with Gasteiger partial charge in [0.1, 0.15) is 11.5 Å². The first-order chi connectivity index (χ1) is 11.7. The van der Waals surface area contributed by atoms with Gasteiger partial charge in [0, 0.05) is 4.47 Å². The van der Waals surface area contributed by atoms with Crippen molar-refractivity contribution in [3.8, 4) is 22.6 Å². The van der Waals surface area contributed by atoms with E-state index in [2.05, 4.69) is 15.9 Å². The molecule has 0 saturated heterocycles. The quantitative estimate of drug-likeness (QED) is 0.454. The fourth-order valence-corrected chi connectivity index (χ4v) is 2.44. The minimum Gasteiger partial charge on any atom is -0.482 e. The summed E-state index contributed by atoms with van der Waals surface area (Å²) in [6, 6.07) is 24.7. The van der Waals surface area contributed by atoms with Crippen molar-refractivity contribution in [3.63, 3.8) is 0 Å². The summed E-state index contributed by atoms with van der Waals surface area (Å²) in [5.41, 5.74) is 2.24. The molecule has 0 fully saturated rings. The molecule has 3 aromatic carbocycles. The fraction of sp³-hybridized carbons (Fsp3) is 0.0500. The third kappa shape index (κ3) is 4.46. The molecule has 3 nitrogen and oxygen atoms in total. The fourth-order valence-electron chi connectivity index (χ4n) is 2.18. The topological polar surface area (TPSA) is 35.5 Å². The average Bonchev–Trinajstić information content (AvgIpc) is 2.63. The van der Waals surface area contributed by atoms with Gasteiger partial charge >= 0.3 is 5.97 Å². The number of carbonyl (C=O) groups excluding carboxylic acids is 1. The summed E-state index contributed by atoms with van der Waals surface area (Å²) in [5, 5.41) is 0.